The molecule has 0 aromatic rings. The normalized spacial score (nSPS) is 12.9. The Morgan fingerprint density at radius 2 is 1.16 bits per heavy atom. The molecule has 0 aromatic heterocycles. The third kappa shape index (κ3) is 22.8. The first-order valence-electron chi connectivity index (χ1n) is 15.2. The first kappa shape index (κ1) is 36.8. The van der Waals surface area contributed by atoms with Gasteiger partial charge in [-0.05, 0) is 33.5 Å². The van der Waals surface area contributed by atoms with Crippen LogP contribution >= 0.6 is 8.15 Å². The van der Waals surface area contributed by atoms with Crippen LogP contribution in [0.15, 0.2) is 0 Å². The molecular formula is C30H57N2O5P. The minimum atomic E-state index is -2.40. The number of nitrogens with zero attached hydrogens (tertiary/aromatic N) is 1. The van der Waals surface area contributed by atoms with Crippen molar-refractivity contribution in [3.05, 3.63) is 0 Å². The van der Waals surface area contributed by atoms with E-state index in [2.05, 4.69) is 12.2 Å². The number of rotatable bonds is 27. The maximum Gasteiger partial charge on any atom is 0.217 e. The quantitative estimate of drug-likeness (QED) is 0.0844. The molecule has 0 saturated carbocycles. The fourth-order valence-electron chi connectivity index (χ4n) is 4.62. The van der Waals surface area contributed by atoms with E-state index >= 15 is 0 Å². The van der Waals surface area contributed by atoms with E-state index in [0.717, 1.165) is 19.3 Å². The number of ketones is 1. The molecule has 0 aromatic carbocycles. The predicted molar refractivity (Wildman–Crippen MR) is 158 cm³/mol. The lowest BCUT2D eigenvalue weighted by Crippen LogP contribution is -2.36. The van der Waals surface area contributed by atoms with Gasteiger partial charge in [0.15, 0.2) is 19.2 Å². The van der Waals surface area contributed by atoms with Crippen LogP contribution in [0.3, 0.4) is 0 Å². The summed E-state index contributed by atoms with van der Waals surface area (Å²) in [5.41, 5.74) is -1.02. The van der Waals surface area contributed by atoms with E-state index in [1.165, 1.54) is 84.0 Å². The summed E-state index contributed by atoms with van der Waals surface area (Å²) in [4.78, 5) is 60.7. The highest BCUT2D eigenvalue weighted by Crippen LogP contribution is 2.36. The highest BCUT2D eigenvalue weighted by Gasteiger charge is 2.27. The molecule has 222 valence electrons. The molecule has 2 N–H and O–H groups in total. The minimum Gasteiger partial charge on any atom is -0.360 e. The zero-order chi connectivity index (χ0) is 28.6. The molecule has 38 heavy (non-hydrogen) atoms. The summed E-state index contributed by atoms with van der Waals surface area (Å²) in [5.74, 6) is -0.326. The summed E-state index contributed by atoms with van der Waals surface area (Å²) in [6, 6.07) is -0.671. The van der Waals surface area contributed by atoms with Crippen LogP contribution in [-0.2, 0) is 19.2 Å². The number of carbonyl (C=O) groups excluding carboxylic acids is 4. The van der Waals surface area contributed by atoms with E-state index in [4.69, 9.17) is 0 Å². The number of carbonyl (C=O) groups is 4. The fraction of sp³-hybridized carbons (Fsp3) is 0.867. The summed E-state index contributed by atoms with van der Waals surface area (Å²) in [7, 11) is 1.38. The van der Waals surface area contributed by atoms with E-state index in [-0.39, 0.29) is 31.0 Å². The van der Waals surface area contributed by atoms with E-state index in [9.17, 15) is 24.1 Å². The topological polar surface area (TPSA) is 104 Å². The molecule has 0 saturated heterocycles. The van der Waals surface area contributed by atoms with Crippen molar-refractivity contribution in [1.29, 1.82) is 0 Å². The van der Waals surface area contributed by atoms with Crippen molar-refractivity contribution in [2.75, 3.05) is 20.6 Å². The van der Waals surface area contributed by atoms with Crippen LogP contribution < -0.4 is 5.32 Å². The second-order valence-electron chi connectivity index (χ2n) is 11.1. The van der Waals surface area contributed by atoms with Gasteiger partial charge in [0.2, 0.25) is 5.91 Å². The number of hydrogen-bond donors (Lipinski definition) is 2. The summed E-state index contributed by atoms with van der Waals surface area (Å²) in [5, 5.41) is 2.65. The molecule has 0 aliphatic heterocycles. The molecule has 0 bridgehead atoms. The Bertz CT molecular complexity index is 657. The van der Waals surface area contributed by atoms with Gasteiger partial charge in [0.05, 0.1) is 0 Å². The molecule has 0 aliphatic rings. The molecule has 0 heterocycles. The third-order valence-electron chi connectivity index (χ3n) is 6.83. The Morgan fingerprint density at radius 1 is 0.684 bits per heavy atom. The molecule has 2 unspecified atom stereocenters. The number of amides is 1. The second-order valence-corrected chi connectivity index (χ2v) is 12.7. The minimum absolute atomic E-state index is 0.00539. The molecule has 2 atom stereocenters. The molecular weight excluding hydrogens is 499 g/mol. The van der Waals surface area contributed by atoms with Gasteiger partial charge in [-0.15, -0.1) is 0 Å². The van der Waals surface area contributed by atoms with Crippen molar-refractivity contribution in [3.63, 3.8) is 0 Å². The third-order valence-corrected chi connectivity index (χ3v) is 8.18. The van der Waals surface area contributed by atoms with Crippen molar-refractivity contribution in [1.82, 2.24) is 10.2 Å². The monoisotopic (exact) mass is 556 g/mol. The Hall–Kier alpha value is -1.17. The van der Waals surface area contributed by atoms with Gasteiger partial charge in [-0.3, -0.25) is 19.2 Å². The summed E-state index contributed by atoms with van der Waals surface area (Å²) >= 11 is 0. The summed E-state index contributed by atoms with van der Waals surface area (Å²) in [6.07, 6.45) is 20.0. The van der Waals surface area contributed by atoms with E-state index in [0.29, 0.717) is 19.4 Å². The number of nitrogens with one attached hydrogen (secondary N) is 1. The SMILES string of the molecule is CCCCCCCCCCCCCCCCCC(=O)CC(CC(=O)P(O)C(=O)CCCN(C)C)NC(C)=O. The lowest BCUT2D eigenvalue weighted by Gasteiger charge is -2.18. The molecule has 0 rings (SSSR count). The fourth-order valence-corrected chi connectivity index (χ4v) is 5.66. The van der Waals surface area contributed by atoms with Crippen molar-refractivity contribution >= 4 is 30.9 Å². The Labute approximate surface area is 234 Å². The first-order valence-corrected chi connectivity index (χ1v) is 16.4. The van der Waals surface area contributed by atoms with Gasteiger partial charge in [-0.2, -0.15) is 0 Å². The van der Waals surface area contributed by atoms with E-state index in [1.54, 1.807) is 0 Å². The highest BCUT2D eigenvalue weighted by molar-refractivity contribution is 7.84. The molecule has 0 fully saturated rings. The van der Waals surface area contributed by atoms with E-state index < -0.39 is 25.2 Å². The van der Waals surface area contributed by atoms with Crippen molar-refractivity contribution in [2.24, 2.45) is 0 Å². The average molecular weight is 557 g/mol. The molecule has 0 aliphatic carbocycles. The largest absolute Gasteiger partial charge is 0.360 e. The Morgan fingerprint density at radius 3 is 1.61 bits per heavy atom. The lowest BCUT2D eigenvalue weighted by molar-refractivity contribution is -0.122. The van der Waals surface area contributed by atoms with Crippen LogP contribution in [0.2, 0.25) is 0 Å². The lowest BCUT2D eigenvalue weighted by atomic mass is 10.0. The van der Waals surface area contributed by atoms with Gasteiger partial charge in [0.25, 0.3) is 0 Å². The second kappa shape index (κ2) is 24.8. The van der Waals surface area contributed by atoms with Gasteiger partial charge >= 0.3 is 0 Å². The van der Waals surface area contributed by atoms with Crippen molar-refractivity contribution in [3.8, 4) is 0 Å². The summed E-state index contributed by atoms with van der Waals surface area (Å²) in [6.45, 7) is 4.29. The zero-order valence-corrected chi connectivity index (χ0v) is 25.8. The first-order chi connectivity index (χ1) is 18.2. The Balaban J connectivity index is 4.01. The predicted octanol–water partition coefficient (Wildman–Crippen LogP) is 6.89. The average Bonchev–Trinajstić information content (AvgIpc) is 2.85. The number of unbranched alkanes of at least 4 members (excludes halogenated alkanes) is 14. The van der Waals surface area contributed by atoms with Gasteiger partial charge in [0, 0.05) is 38.6 Å². The maximum absolute atomic E-state index is 12.5. The van der Waals surface area contributed by atoms with E-state index in [1.807, 2.05) is 19.0 Å². The number of hydrogen-bond acceptors (Lipinski definition) is 6. The smallest absolute Gasteiger partial charge is 0.217 e. The van der Waals surface area contributed by atoms with Crippen molar-refractivity contribution < 1.29 is 24.1 Å². The molecule has 0 spiro atoms. The Kier molecular flexibility index (Phi) is 24.1. The molecule has 1 amide bonds. The van der Waals surface area contributed by atoms with Crippen LogP contribution in [0.4, 0.5) is 0 Å². The number of Topliss-reactive ketones (excluding diaryl/α,β-unsaturated/α-hetero) is 1. The molecule has 8 heteroatoms. The highest BCUT2D eigenvalue weighted by atomic mass is 31.1. The maximum atomic E-state index is 12.5. The summed E-state index contributed by atoms with van der Waals surface area (Å²) < 4.78 is 0. The molecule has 7 nitrogen and oxygen atoms in total. The van der Waals surface area contributed by atoms with Crippen LogP contribution in [-0.4, -0.2) is 59.2 Å². The van der Waals surface area contributed by atoms with Gasteiger partial charge in [-0.25, -0.2) is 0 Å². The van der Waals surface area contributed by atoms with Crippen LogP contribution in [0, 0.1) is 0 Å². The zero-order valence-electron chi connectivity index (χ0n) is 24.9. The van der Waals surface area contributed by atoms with Gasteiger partial charge < -0.3 is 15.1 Å². The van der Waals surface area contributed by atoms with Gasteiger partial charge in [0.1, 0.15) is 5.78 Å². The van der Waals surface area contributed by atoms with Crippen LogP contribution in [0.5, 0.6) is 0 Å². The van der Waals surface area contributed by atoms with Crippen LogP contribution in [0.1, 0.15) is 142 Å². The van der Waals surface area contributed by atoms with Crippen LogP contribution in [0.25, 0.3) is 0 Å². The standard InChI is InChI=1S/C30H57N2O5P/c1-5-6-7-8-9-10-11-12-13-14-15-16-17-18-19-21-28(34)24-27(31-26(2)33)25-30(36)38(37)29(35)22-20-23-32(3)4/h27,37H,5-25H2,1-4H3,(H,31,33). The molecule has 0 radical (unpaired) electrons. The van der Waals surface area contributed by atoms with Gasteiger partial charge in [-0.1, -0.05) is 96.8 Å². The van der Waals surface area contributed by atoms with Crippen molar-refractivity contribution in [2.45, 2.75) is 148 Å².